The average molecular weight is 439 g/mol. The number of aromatic nitrogens is 5. The first-order valence-electron chi connectivity index (χ1n) is 8.59. The Kier molecular flexibility index (Phi) is 4.71. The maximum Gasteiger partial charge on any atom is 0.435 e. The molecule has 0 unspecified atom stereocenters. The quantitative estimate of drug-likeness (QED) is 0.463. The first-order chi connectivity index (χ1) is 14.5. The molecule has 2 heterocycles. The predicted octanol–water partition coefficient (Wildman–Crippen LogP) is 4.86. The second-order valence-electron chi connectivity index (χ2n) is 6.44. The van der Waals surface area contributed by atoms with E-state index in [2.05, 4.69) is 15.4 Å². The molecule has 0 radical (unpaired) electrons. The molecular formula is C19H11F6N5O. The third-order valence-electron chi connectivity index (χ3n) is 4.29. The maximum atomic E-state index is 13.2. The fraction of sp³-hybridized carbons (Fsp3) is 0.105. The molecule has 12 heteroatoms. The summed E-state index contributed by atoms with van der Waals surface area (Å²) in [4.78, 5) is 0. The zero-order valence-electron chi connectivity index (χ0n) is 15.2. The number of rotatable bonds is 3. The van der Waals surface area contributed by atoms with E-state index in [4.69, 9.17) is 0 Å². The van der Waals surface area contributed by atoms with Crippen molar-refractivity contribution in [1.82, 2.24) is 24.8 Å². The van der Waals surface area contributed by atoms with Gasteiger partial charge in [0.25, 0.3) is 0 Å². The van der Waals surface area contributed by atoms with Gasteiger partial charge in [0.2, 0.25) is 0 Å². The number of hydrogen-bond donors (Lipinski definition) is 1. The van der Waals surface area contributed by atoms with Gasteiger partial charge in [-0.25, -0.2) is 9.36 Å². The molecule has 0 aliphatic heterocycles. The molecule has 0 amide bonds. The lowest BCUT2D eigenvalue weighted by Crippen LogP contribution is -2.13. The van der Waals surface area contributed by atoms with Crippen LogP contribution in [0.15, 0.2) is 60.8 Å². The van der Waals surface area contributed by atoms with Gasteiger partial charge in [0, 0.05) is 17.7 Å². The van der Waals surface area contributed by atoms with Crippen LogP contribution in [-0.4, -0.2) is 29.9 Å². The fourth-order valence-corrected chi connectivity index (χ4v) is 2.85. The van der Waals surface area contributed by atoms with Gasteiger partial charge in [0.15, 0.2) is 5.69 Å². The van der Waals surface area contributed by atoms with Crippen molar-refractivity contribution < 1.29 is 31.4 Å². The number of benzene rings is 2. The Morgan fingerprint density at radius 1 is 0.806 bits per heavy atom. The fourth-order valence-electron chi connectivity index (χ4n) is 2.85. The number of halogens is 6. The summed E-state index contributed by atoms with van der Waals surface area (Å²) < 4.78 is 79.8. The summed E-state index contributed by atoms with van der Waals surface area (Å²) >= 11 is 0. The van der Waals surface area contributed by atoms with E-state index in [1.807, 2.05) is 0 Å². The second-order valence-corrected chi connectivity index (χ2v) is 6.44. The minimum atomic E-state index is -5.03. The van der Waals surface area contributed by atoms with Crippen molar-refractivity contribution in [3.63, 3.8) is 0 Å². The van der Waals surface area contributed by atoms with Crippen LogP contribution < -0.4 is 0 Å². The highest BCUT2D eigenvalue weighted by Crippen LogP contribution is 2.36. The molecular weight excluding hydrogens is 428 g/mol. The molecule has 0 atom stereocenters. The van der Waals surface area contributed by atoms with E-state index < -0.39 is 23.7 Å². The molecule has 160 valence electrons. The number of phenolic OH excluding ortho intramolecular Hbond substituents is 1. The van der Waals surface area contributed by atoms with Crippen LogP contribution in [0.25, 0.3) is 22.6 Å². The number of hydrogen-bond acceptors (Lipinski definition) is 4. The van der Waals surface area contributed by atoms with Crippen LogP contribution in [0.3, 0.4) is 0 Å². The number of phenols is 1. The lowest BCUT2D eigenvalue weighted by atomic mass is 10.1. The zero-order chi connectivity index (χ0) is 22.4. The van der Waals surface area contributed by atoms with Gasteiger partial charge >= 0.3 is 12.4 Å². The molecule has 2 aromatic carbocycles. The minimum absolute atomic E-state index is 0.0248. The second kappa shape index (κ2) is 7.15. The van der Waals surface area contributed by atoms with Gasteiger partial charge < -0.3 is 5.11 Å². The molecule has 4 rings (SSSR count). The van der Waals surface area contributed by atoms with E-state index in [1.54, 1.807) is 12.1 Å². The summed E-state index contributed by atoms with van der Waals surface area (Å²) in [5.74, 6) is 0.0248. The molecule has 1 N–H and O–H groups in total. The van der Waals surface area contributed by atoms with Crippen molar-refractivity contribution >= 4 is 0 Å². The van der Waals surface area contributed by atoms with E-state index in [0.29, 0.717) is 16.9 Å². The normalized spacial score (nSPS) is 12.3. The van der Waals surface area contributed by atoms with Gasteiger partial charge in [-0.2, -0.15) is 31.4 Å². The maximum absolute atomic E-state index is 13.2. The average Bonchev–Trinajstić information content (AvgIpc) is 3.35. The first kappa shape index (κ1) is 20.4. The highest BCUT2D eigenvalue weighted by Gasteiger charge is 2.42. The lowest BCUT2D eigenvalue weighted by Gasteiger charge is -2.10. The topological polar surface area (TPSA) is 68.8 Å². The third-order valence-corrected chi connectivity index (χ3v) is 4.29. The van der Waals surface area contributed by atoms with Crippen LogP contribution >= 0.6 is 0 Å². The van der Waals surface area contributed by atoms with Crippen LogP contribution in [0, 0.1) is 0 Å². The Morgan fingerprint density at radius 3 is 2.13 bits per heavy atom. The summed E-state index contributed by atoms with van der Waals surface area (Å²) in [5, 5.41) is 20.5. The van der Waals surface area contributed by atoms with Crippen molar-refractivity contribution in [2.75, 3.05) is 0 Å². The monoisotopic (exact) mass is 439 g/mol. The molecule has 0 saturated heterocycles. The number of aromatic hydroxyl groups is 1. The molecule has 0 spiro atoms. The van der Waals surface area contributed by atoms with Crippen LogP contribution in [0.1, 0.15) is 11.4 Å². The zero-order valence-corrected chi connectivity index (χ0v) is 15.2. The van der Waals surface area contributed by atoms with Gasteiger partial charge in [-0.3, -0.25) is 0 Å². The van der Waals surface area contributed by atoms with Crippen molar-refractivity contribution in [3.05, 3.63) is 72.2 Å². The predicted molar refractivity (Wildman–Crippen MR) is 95.6 cm³/mol. The van der Waals surface area contributed by atoms with E-state index in [9.17, 15) is 31.4 Å². The van der Waals surface area contributed by atoms with E-state index in [-0.39, 0.29) is 22.2 Å². The Hall–Kier alpha value is -3.83. The molecule has 0 fully saturated rings. The number of alkyl halides is 6. The summed E-state index contributed by atoms with van der Waals surface area (Å²) in [5.41, 5.74) is -2.02. The summed E-state index contributed by atoms with van der Waals surface area (Å²) in [6, 6.07) is 11.4. The largest absolute Gasteiger partial charge is 0.508 e. The smallest absolute Gasteiger partial charge is 0.435 e. The van der Waals surface area contributed by atoms with Gasteiger partial charge in [-0.1, -0.05) is 23.4 Å². The molecule has 0 aliphatic rings. The van der Waals surface area contributed by atoms with Crippen molar-refractivity contribution in [1.29, 1.82) is 0 Å². The summed E-state index contributed by atoms with van der Waals surface area (Å²) in [6.45, 7) is 0. The SMILES string of the molecule is Oc1cccc(-n2cc(-c3ccc(-n4nc(C(F)(F)F)cc4C(F)(F)F)cc3)nn2)c1. The first-order valence-corrected chi connectivity index (χ1v) is 8.59. The van der Waals surface area contributed by atoms with E-state index >= 15 is 0 Å². The molecule has 0 aliphatic carbocycles. The van der Waals surface area contributed by atoms with Crippen molar-refractivity contribution in [2.45, 2.75) is 12.4 Å². The third kappa shape index (κ3) is 4.09. The Bertz CT molecular complexity index is 1220. The molecule has 4 aromatic rings. The van der Waals surface area contributed by atoms with Crippen LogP contribution in [-0.2, 0) is 12.4 Å². The Morgan fingerprint density at radius 2 is 1.52 bits per heavy atom. The Balaban J connectivity index is 1.68. The molecule has 2 aromatic heterocycles. The summed E-state index contributed by atoms with van der Waals surface area (Å²) in [7, 11) is 0. The van der Waals surface area contributed by atoms with E-state index in [0.717, 1.165) is 0 Å². The molecule has 0 saturated carbocycles. The molecule has 6 nitrogen and oxygen atoms in total. The van der Waals surface area contributed by atoms with Crippen molar-refractivity contribution in [3.8, 4) is 28.4 Å². The highest BCUT2D eigenvalue weighted by molar-refractivity contribution is 5.60. The summed E-state index contributed by atoms with van der Waals surface area (Å²) in [6.07, 6.45) is -8.52. The van der Waals surface area contributed by atoms with Crippen molar-refractivity contribution in [2.24, 2.45) is 0 Å². The minimum Gasteiger partial charge on any atom is -0.508 e. The van der Waals surface area contributed by atoms with Crippen LogP contribution in [0.2, 0.25) is 0 Å². The van der Waals surface area contributed by atoms with Gasteiger partial charge in [-0.05, 0) is 24.3 Å². The van der Waals surface area contributed by atoms with Gasteiger partial charge in [0.05, 0.1) is 17.6 Å². The standard InChI is InChI=1S/C19H11F6N5O/c20-18(21,22)16-9-17(19(23,24)25)30(27-16)12-6-4-11(5-7-12)15-10-29(28-26-15)13-2-1-3-14(31)8-13/h1-10,31H. The Labute approximate surface area is 170 Å². The number of nitrogens with zero attached hydrogens (tertiary/aromatic N) is 5. The van der Waals surface area contributed by atoms with Gasteiger partial charge in [0.1, 0.15) is 17.1 Å². The lowest BCUT2D eigenvalue weighted by molar-refractivity contribution is -0.143. The highest BCUT2D eigenvalue weighted by atomic mass is 19.4. The molecule has 31 heavy (non-hydrogen) atoms. The van der Waals surface area contributed by atoms with Crippen LogP contribution in [0.4, 0.5) is 26.3 Å². The van der Waals surface area contributed by atoms with Gasteiger partial charge in [-0.15, -0.1) is 5.10 Å². The van der Waals surface area contributed by atoms with Crippen LogP contribution in [0.5, 0.6) is 5.75 Å². The van der Waals surface area contributed by atoms with E-state index in [1.165, 1.54) is 47.3 Å². The molecule has 0 bridgehead atoms.